The largest absolute Gasteiger partial charge is 0.467 e. The van der Waals surface area contributed by atoms with Crippen molar-refractivity contribution in [3.05, 3.63) is 40.7 Å². The van der Waals surface area contributed by atoms with Crippen LogP contribution in [0.5, 0.6) is 0 Å². The molecule has 1 aliphatic rings. The van der Waals surface area contributed by atoms with Crippen molar-refractivity contribution < 1.29 is 13.9 Å². The lowest BCUT2D eigenvalue weighted by Crippen LogP contribution is -2.21. The molecule has 116 valence electrons. The van der Waals surface area contributed by atoms with Crippen molar-refractivity contribution in [1.82, 2.24) is 9.97 Å². The highest BCUT2D eigenvalue weighted by molar-refractivity contribution is 6.35. The molecule has 2 aromatic heterocycles. The van der Waals surface area contributed by atoms with Crippen LogP contribution in [0.15, 0.2) is 22.8 Å². The molecule has 2 heterocycles. The van der Waals surface area contributed by atoms with E-state index in [1.54, 1.807) is 6.26 Å². The van der Waals surface area contributed by atoms with Gasteiger partial charge in [0.05, 0.1) is 19.9 Å². The van der Waals surface area contributed by atoms with Crippen LogP contribution in [0.2, 0.25) is 5.02 Å². The molecule has 1 fully saturated rings. The predicted octanol–water partition coefficient (Wildman–Crippen LogP) is 3.02. The van der Waals surface area contributed by atoms with Crippen molar-refractivity contribution in [2.45, 2.75) is 25.3 Å². The number of furan rings is 1. The number of ether oxygens (including phenoxy) is 1. The minimum absolute atomic E-state index is 0.113. The fourth-order valence-electron chi connectivity index (χ4n) is 2.17. The van der Waals surface area contributed by atoms with E-state index in [0.717, 1.165) is 18.6 Å². The Morgan fingerprint density at radius 2 is 2.27 bits per heavy atom. The van der Waals surface area contributed by atoms with Crippen molar-refractivity contribution >= 4 is 23.4 Å². The average molecular weight is 322 g/mol. The number of hydrogen-bond acceptors (Lipinski definition) is 6. The van der Waals surface area contributed by atoms with E-state index in [0.29, 0.717) is 24.1 Å². The zero-order valence-corrected chi connectivity index (χ0v) is 13.1. The van der Waals surface area contributed by atoms with Gasteiger partial charge in [-0.3, -0.25) is 0 Å². The summed E-state index contributed by atoms with van der Waals surface area (Å²) in [6.45, 7) is 0.494. The highest BCUT2D eigenvalue weighted by atomic mass is 35.5. The van der Waals surface area contributed by atoms with E-state index < -0.39 is 5.97 Å². The number of carbonyl (C=O) groups excluding carboxylic acids is 1. The molecule has 0 N–H and O–H groups in total. The third-order valence-electron chi connectivity index (χ3n) is 3.51. The van der Waals surface area contributed by atoms with Gasteiger partial charge in [0.2, 0.25) is 0 Å². The van der Waals surface area contributed by atoms with E-state index in [2.05, 4.69) is 9.97 Å². The fourth-order valence-corrected chi connectivity index (χ4v) is 2.48. The maximum Gasteiger partial charge on any atom is 0.358 e. The van der Waals surface area contributed by atoms with Crippen LogP contribution in [0, 0.1) is 0 Å². The van der Waals surface area contributed by atoms with Crippen LogP contribution in [0.4, 0.5) is 5.82 Å². The Kier molecular flexibility index (Phi) is 4.02. The maximum absolute atomic E-state index is 11.9. The van der Waals surface area contributed by atoms with E-state index >= 15 is 0 Å². The van der Waals surface area contributed by atoms with E-state index in [1.807, 2.05) is 24.1 Å². The van der Waals surface area contributed by atoms with Crippen LogP contribution in [0.3, 0.4) is 0 Å². The Bertz CT molecular complexity index is 684. The van der Waals surface area contributed by atoms with Gasteiger partial charge in [0.15, 0.2) is 11.5 Å². The van der Waals surface area contributed by atoms with Crippen molar-refractivity contribution in [1.29, 1.82) is 0 Å². The predicted molar refractivity (Wildman–Crippen MR) is 81.2 cm³/mol. The number of methoxy groups -OCH3 is 1. The Morgan fingerprint density at radius 1 is 1.50 bits per heavy atom. The molecule has 22 heavy (non-hydrogen) atoms. The summed E-state index contributed by atoms with van der Waals surface area (Å²) in [5.41, 5.74) is 0.113. The summed E-state index contributed by atoms with van der Waals surface area (Å²) in [7, 11) is 3.15. The zero-order chi connectivity index (χ0) is 15.7. The van der Waals surface area contributed by atoms with E-state index in [9.17, 15) is 4.79 Å². The first-order chi connectivity index (χ1) is 10.6. The number of hydrogen-bond donors (Lipinski definition) is 0. The van der Waals surface area contributed by atoms with Crippen molar-refractivity contribution in [3.63, 3.8) is 0 Å². The molecule has 0 unspecified atom stereocenters. The van der Waals surface area contributed by atoms with Gasteiger partial charge in [-0.05, 0) is 25.0 Å². The number of halogens is 1. The Balaban J connectivity index is 1.97. The number of esters is 1. The van der Waals surface area contributed by atoms with Gasteiger partial charge < -0.3 is 14.1 Å². The molecule has 7 heteroatoms. The van der Waals surface area contributed by atoms with Crippen LogP contribution >= 0.6 is 11.6 Å². The van der Waals surface area contributed by atoms with Gasteiger partial charge in [0, 0.05) is 13.0 Å². The summed E-state index contributed by atoms with van der Waals surface area (Å²) in [5, 5.41) is 0.199. The van der Waals surface area contributed by atoms with Gasteiger partial charge in [0.1, 0.15) is 16.6 Å². The van der Waals surface area contributed by atoms with Gasteiger partial charge in [-0.2, -0.15) is 0 Å². The van der Waals surface area contributed by atoms with Gasteiger partial charge >= 0.3 is 5.97 Å². The van der Waals surface area contributed by atoms with Gasteiger partial charge in [-0.25, -0.2) is 14.8 Å². The number of nitrogens with zero attached hydrogens (tertiary/aromatic N) is 3. The Morgan fingerprint density at radius 3 is 2.86 bits per heavy atom. The van der Waals surface area contributed by atoms with E-state index in [4.69, 9.17) is 20.8 Å². The molecule has 0 atom stereocenters. The number of rotatable bonds is 5. The lowest BCUT2D eigenvalue weighted by molar-refractivity contribution is 0.0593. The first kappa shape index (κ1) is 14.8. The minimum atomic E-state index is -0.554. The second-order valence-corrected chi connectivity index (χ2v) is 5.65. The van der Waals surface area contributed by atoms with Crippen LogP contribution in [-0.2, 0) is 11.3 Å². The monoisotopic (exact) mass is 321 g/mol. The third kappa shape index (κ3) is 2.92. The molecule has 2 aromatic rings. The molecule has 0 radical (unpaired) electrons. The molecule has 0 spiro atoms. The maximum atomic E-state index is 11.9. The van der Waals surface area contributed by atoms with Crippen LogP contribution in [-0.4, -0.2) is 30.1 Å². The number of carbonyl (C=O) groups is 1. The lowest BCUT2D eigenvalue weighted by atomic mass is 10.3. The molecular weight excluding hydrogens is 306 g/mol. The molecule has 0 aliphatic heterocycles. The second-order valence-electron chi connectivity index (χ2n) is 5.27. The first-order valence-corrected chi connectivity index (χ1v) is 7.37. The molecule has 1 aliphatic carbocycles. The summed E-state index contributed by atoms with van der Waals surface area (Å²) < 4.78 is 10.1. The number of aromatic nitrogens is 2. The molecule has 6 nitrogen and oxygen atoms in total. The normalized spacial score (nSPS) is 14.0. The molecule has 3 rings (SSSR count). The highest BCUT2D eigenvalue weighted by Gasteiger charge is 2.31. The fraction of sp³-hybridized carbons (Fsp3) is 0.400. The quantitative estimate of drug-likeness (QED) is 0.788. The van der Waals surface area contributed by atoms with Crippen LogP contribution < -0.4 is 4.90 Å². The standard InChI is InChI=1S/C15H16ClN3O3/c1-19(8-10-4-3-7-22-10)14-11(16)12(15(20)21-2)17-13(18-14)9-5-6-9/h3-4,7,9H,5-6,8H2,1-2H3. The summed E-state index contributed by atoms with van der Waals surface area (Å²) in [4.78, 5) is 22.5. The van der Waals surface area contributed by atoms with Crippen molar-refractivity contribution in [2.24, 2.45) is 0 Å². The van der Waals surface area contributed by atoms with Crippen molar-refractivity contribution in [3.8, 4) is 0 Å². The third-order valence-corrected chi connectivity index (χ3v) is 3.85. The molecule has 1 saturated carbocycles. The Hall–Kier alpha value is -2.08. The topological polar surface area (TPSA) is 68.5 Å². The summed E-state index contributed by atoms with van der Waals surface area (Å²) in [6.07, 6.45) is 3.67. The average Bonchev–Trinajstić information content (AvgIpc) is 3.24. The molecular formula is C15H16ClN3O3. The minimum Gasteiger partial charge on any atom is -0.467 e. The van der Waals surface area contributed by atoms with Gasteiger partial charge in [-0.1, -0.05) is 11.6 Å². The first-order valence-electron chi connectivity index (χ1n) is 6.99. The van der Waals surface area contributed by atoms with Crippen LogP contribution in [0.1, 0.15) is 40.8 Å². The molecule has 0 amide bonds. The smallest absolute Gasteiger partial charge is 0.358 e. The Labute approximate surface area is 133 Å². The zero-order valence-electron chi connectivity index (χ0n) is 12.4. The summed E-state index contributed by atoms with van der Waals surface area (Å²) in [6, 6.07) is 3.69. The van der Waals surface area contributed by atoms with E-state index in [-0.39, 0.29) is 10.7 Å². The summed E-state index contributed by atoms with van der Waals surface area (Å²) in [5.74, 6) is 1.68. The second kappa shape index (κ2) is 5.96. The van der Waals surface area contributed by atoms with Crippen molar-refractivity contribution in [2.75, 3.05) is 19.1 Å². The molecule has 0 aromatic carbocycles. The van der Waals surface area contributed by atoms with E-state index in [1.165, 1.54) is 7.11 Å². The summed E-state index contributed by atoms with van der Waals surface area (Å²) >= 11 is 6.32. The molecule has 0 bridgehead atoms. The van der Waals surface area contributed by atoms with Crippen LogP contribution in [0.25, 0.3) is 0 Å². The highest BCUT2D eigenvalue weighted by Crippen LogP contribution is 2.40. The lowest BCUT2D eigenvalue weighted by Gasteiger charge is -2.19. The SMILES string of the molecule is COC(=O)c1nc(C2CC2)nc(N(C)Cc2ccco2)c1Cl. The van der Waals surface area contributed by atoms with Gasteiger partial charge in [-0.15, -0.1) is 0 Å². The van der Waals surface area contributed by atoms with Gasteiger partial charge in [0.25, 0.3) is 0 Å². The number of anilines is 1. The molecule has 0 saturated heterocycles.